The molecule has 0 amide bonds. The van der Waals surface area contributed by atoms with E-state index in [1.807, 2.05) is 11.3 Å². The molecule has 1 aliphatic rings. The van der Waals surface area contributed by atoms with E-state index in [2.05, 4.69) is 40.1 Å². The molecule has 0 unspecified atom stereocenters. The van der Waals surface area contributed by atoms with Crippen LogP contribution in [0, 0.1) is 25.7 Å². The van der Waals surface area contributed by atoms with Crippen LogP contribution >= 0.6 is 11.3 Å². The molecular weight excluding hydrogens is 240 g/mol. The normalized spacial score (nSPS) is 28.9. The number of nitrogens with zero attached hydrogens (tertiary/aromatic N) is 1. The quantitative estimate of drug-likeness (QED) is 0.893. The van der Waals surface area contributed by atoms with Crippen LogP contribution in [-0.2, 0) is 5.54 Å². The van der Waals surface area contributed by atoms with Crippen molar-refractivity contribution in [1.29, 1.82) is 0 Å². The summed E-state index contributed by atoms with van der Waals surface area (Å²) in [5, 5.41) is 4.89. The average molecular weight is 266 g/mol. The second-order valence-corrected chi connectivity index (χ2v) is 7.28. The lowest BCUT2D eigenvalue weighted by molar-refractivity contribution is 0.168. The third-order valence-electron chi connectivity index (χ3n) is 4.74. The minimum absolute atomic E-state index is 0.148. The molecule has 0 spiro atoms. The fraction of sp³-hybridized carbons (Fsp3) is 0.800. The molecule has 0 radical (unpaired) electrons. The Morgan fingerprint density at radius 3 is 2.28 bits per heavy atom. The first kappa shape index (κ1) is 14.0. The van der Waals surface area contributed by atoms with Gasteiger partial charge in [-0.2, -0.15) is 0 Å². The molecule has 0 atom stereocenters. The predicted molar refractivity (Wildman–Crippen MR) is 79.1 cm³/mol. The third-order valence-corrected chi connectivity index (χ3v) is 6.02. The molecule has 1 N–H and O–H groups in total. The largest absolute Gasteiger partial charge is 0.308 e. The van der Waals surface area contributed by atoms with Gasteiger partial charge in [0, 0.05) is 4.88 Å². The maximum Gasteiger partial charge on any atom is 0.113 e. The Morgan fingerprint density at radius 2 is 1.89 bits per heavy atom. The standard InChI is InChI=1S/C15H26N2S/c1-10(2)13-6-8-15(16-5,9-7-13)14-17-11(3)12(4)18-14/h10,13,16H,6-9H2,1-5H3. The summed E-state index contributed by atoms with van der Waals surface area (Å²) in [6.45, 7) is 9.02. The molecule has 102 valence electrons. The predicted octanol–water partition coefficient (Wildman–Crippen LogP) is 4.02. The summed E-state index contributed by atoms with van der Waals surface area (Å²) in [6.07, 6.45) is 5.13. The first-order valence-corrected chi connectivity index (χ1v) is 7.93. The van der Waals surface area contributed by atoms with Gasteiger partial charge >= 0.3 is 0 Å². The second-order valence-electron chi connectivity index (χ2n) is 6.07. The van der Waals surface area contributed by atoms with Crippen molar-refractivity contribution in [3.05, 3.63) is 15.6 Å². The van der Waals surface area contributed by atoms with Crippen LogP contribution in [0.1, 0.15) is 55.1 Å². The van der Waals surface area contributed by atoms with Crippen molar-refractivity contribution in [3.8, 4) is 0 Å². The number of thiazole rings is 1. The van der Waals surface area contributed by atoms with Crippen LogP contribution in [0.5, 0.6) is 0 Å². The molecule has 1 saturated carbocycles. The van der Waals surface area contributed by atoms with Gasteiger partial charge in [0.15, 0.2) is 0 Å². The van der Waals surface area contributed by atoms with E-state index in [0.717, 1.165) is 11.8 Å². The minimum atomic E-state index is 0.148. The first-order valence-electron chi connectivity index (χ1n) is 7.12. The summed E-state index contributed by atoms with van der Waals surface area (Å²) in [4.78, 5) is 6.17. The van der Waals surface area contributed by atoms with E-state index >= 15 is 0 Å². The maximum atomic E-state index is 4.80. The SMILES string of the molecule is CNC1(c2nc(C)c(C)s2)CCC(C(C)C)CC1. The van der Waals surface area contributed by atoms with Crippen molar-refractivity contribution >= 4 is 11.3 Å². The van der Waals surface area contributed by atoms with Crippen molar-refractivity contribution in [1.82, 2.24) is 10.3 Å². The molecule has 0 saturated heterocycles. The zero-order valence-corrected chi connectivity index (χ0v) is 13.2. The molecule has 1 fully saturated rings. The molecule has 0 aromatic carbocycles. The molecule has 0 bridgehead atoms. The molecule has 1 aromatic rings. The lowest BCUT2D eigenvalue weighted by Crippen LogP contribution is -2.43. The molecule has 3 heteroatoms. The van der Waals surface area contributed by atoms with E-state index in [9.17, 15) is 0 Å². The van der Waals surface area contributed by atoms with Gasteiger partial charge in [-0.25, -0.2) is 4.98 Å². The number of aryl methyl sites for hydroxylation is 2. The van der Waals surface area contributed by atoms with Crippen molar-refractivity contribution < 1.29 is 0 Å². The summed E-state index contributed by atoms with van der Waals surface area (Å²) in [5.41, 5.74) is 1.35. The van der Waals surface area contributed by atoms with Gasteiger partial charge < -0.3 is 5.32 Å². The van der Waals surface area contributed by atoms with E-state index in [1.165, 1.54) is 41.3 Å². The number of hydrogen-bond donors (Lipinski definition) is 1. The Hall–Kier alpha value is -0.410. The Labute approximate surface area is 115 Å². The molecule has 0 aliphatic heterocycles. The summed E-state index contributed by atoms with van der Waals surface area (Å²) < 4.78 is 0. The van der Waals surface area contributed by atoms with Gasteiger partial charge in [0.25, 0.3) is 0 Å². The summed E-state index contributed by atoms with van der Waals surface area (Å²) in [7, 11) is 2.10. The fourth-order valence-corrected chi connectivity index (χ4v) is 4.22. The molecule has 2 nitrogen and oxygen atoms in total. The number of hydrogen-bond acceptors (Lipinski definition) is 3. The molecule has 1 aliphatic carbocycles. The van der Waals surface area contributed by atoms with Gasteiger partial charge in [0.05, 0.1) is 11.2 Å². The first-order chi connectivity index (χ1) is 8.48. The zero-order valence-electron chi connectivity index (χ0n) is 12.3. The Morgan fingerprint density at radius 1 is 1.28 bits per heavy atom. The zero-order chi connectivity index (χ0) is 13.3. The van der Waals surface area contributed by atoms with Crippen molar-refractivity contribution in [2.45, 2.75) is 58.9 Å². The lowest BCUT2D eigenvalue weighted by Gasteiger charge is -2.40. The Kier molecular flexibility index (Phi) is 4.12. The highest BCUT2D eigenvalue weighted by Crippen LogP contribution is 2.43. The van der Waals surface area contributed by atoms with Crippen LogP contribution in [0.25, 0.3) is 0 Å². The Balaban J connectivity index is 2.18. The minimum Gasteiger partial charge on any atom is -0.308 e. The summed E-state index contributed by atoms with van der Waals surface area (Å²) in [6, 6.07) is 0. The van der Waals surface area contributed by atoms with E-state index in [-0.39, 0.29) is 5.54 Å². The highest BCUT2D eigenvalue weighted by atomic mass is 32.1. The van der Waals surface area contributed by atoms with Gasteiger partial charge in [-0.3, -0.25) is 0 Å². The monoisotopic (exact) mass is 266 g/mol. The average Bonchev–Trinajstić information content (AvgIpc) is 2.70. The molecule has 2 rings (SSSR count). The van der Waals surface area contributed by atoms with Crippen LogP contribution in [0.15, 0.2) is 0 Å². The second kappa shape index (κ2) is 5.30. The van der Waals surface area contributed by atoms with Crippen LogP contribution < -0.4 is 5.32 Å². The summed E-state index contributed by atoms with van der Waals surface area (Å²) in [5.74, 6) is 1.72. The van der Waals surface area contributed by atoms with Crippen molar-refractivity contribution in [2.24, 2.45) is 11.8 Å². The van der Waals surface area contributed by atoms with Gasteiger partial charge in [-0.15, -0.1) is 11.3 Å². The highest BCUT2D eigenvalue weighted by Gasteiger charge is 2.38. The maximum absolute atomic E-state index is 4.80. The smallest absolute Gasteiger partial charge is 0.113 e. The molecular formula is C15H26N2S. The van der Waals surface area contributed by atoms with Crippen LogP contribution in [0.3, 0.4) is 0 Å². The molecule has 1 heterocycles. The van der Waals surface area contributed by atoms with Crippen LogP contribution in [0.4, 0.5) is 0 Å². The van der Waals surface area contributed by atoms with Crippen LogP contribution in [-0.4, -0.2) is 12.0 Å². The molecule has 1 aromatic heterocycles. The molecule has 18 heavy (non-hydrogen) atoms. The van der Waals surface area contributed by atoms with E-state index in [0.29, 0.717) is 0 Å². The van der Waals surface area contributed by atoms with E-state index < -0.39 is 0 Å². The van der Waals surface area contributed by atoms with Gasteiger partial charge in [0.1, 0.15) is 5.01 Å². The van der Waals surface area contributed by atoms with Gasteiger partial charge in [-0.1, -0.05) is 13.8 Å². The van der Waals surface area contributed by atoms with Crippen molar-refractivity contribution in [2.75, 3.05) is 7.05 Å². The van der Waals surface area contributed by atoms with Crippen LogP contribution in [0.2, 0.25) is 0 Å². The number of aromatic nitrogens is 1. The van der Waals surface area contributed by atoms with E-state index in [1.54, 1.807) is 0 Å². The number of rotatable bonds is 3. The third kappa shape index (κ3) is 2.48. The number of nitrogens with one attached hydrogen (secondary N) is 1. The lowest BCUT2D eigenvalue weighted by atomic mass is 9.73. The Bertz CT molecular complexity index is 381. The van der Waals surface area contributed by atoms with Gasteiger partial charge in [-0.05, 0) is 58.4 Å². The van der Waals surface area contributed by atoms with E-state index in [4.69, 9.17) is 4.98 Å². The van der Waals surface area contributed by atoms with Crippen molar-refractivity contribution in [3.63, 3.8) is 0 Å². The highest BCUT2D eigenvalue weighted by molar-refractivity contribution is 7.11. The topological polar surface area (TPSA) is 24.9 Å². The summed E-state index contributed by atoms with van der Waals surface area (Å²) >= 11 is 1.88. The fourth-order valence-electron chi connectivity index (χ4n) is 3.05. The van der Waals surface area contributed by atoms with Gasteiger partial charge in [0.2, 0.25) is 0 Å².